The number of rotatable bonds is 2. The van der Waals surface area contributed by atoms with Gasteiger partial charge in [-0.3, -0.25) is 0 Å². The first-order chi connectivity index (χ1) is 13.8. The third-order valence-corrected chi connectivity index (χ3v) is 7.03. The molecule has 0 saturated carbocycles. The van der Waals surface area contributed by atoms with Gasteiger partial charge in [-0.25, -0.2) is 9.78 Å². The molecule has 0 saturated heterocycles. The Balaban J connectivity index is 1.73. The Kier molecular flexibility index (Phi) is 4.55. The highest BCUT2D eigenvalue weighted by molar-refractivity contribution is 7.19. The standard InChI is InChI=1S/C23H24N2O2S/c1-2-27-23(26)25-13-12-18-17(14-25)20(15-8-4-3-5-9-15)21-16-10-6-7-11-19(16)28-22(21)24-18/h3-5,8-9H,2,6-7,10-14H2,1H3. The molecule has 1 amide bonds. The molecule has 0 unspecified atom stereocenters. The van der Waals surface area contributed by atoms with Gasteiger partial charge in [0.15, 0.2) is 0 Å². The maximum atomic E-state index is 12.4. The van der Waals surface area contributed by atoms with Crippen LogP contribution in [0.1, 0.15) is 41.5 Å². The number of carbonyl (C=O) groups excluding carboxylic acids is 1. The molecular formula is C23H24N2O2S. The highest BCUT2D eigenvalue weighted by Gasteiger charge is 2.29. The molecular weight excluding hydrogens is 368 g/mol. The lowest BCUT2D eigenvalue weighted by atomic mass is 9.88. The van der Waals surface area contributed by atoms with Crippen LogP contribution in [0.4, 0.5) is 4.79 Å². The highest BCUT2D eigenvalue weighted by atomic mass is 32.1. The first-order valence-corrected chi connectivity index (χ1v) is 11.0. The smallest absolute Gasteiger partial charge is 0.410 e. The van der Waals surface area contributed by atoms with Crippen molar-refractivity contribution in [1.29, 1.82) is 0 Å². The van der Waals surface area contributed by atoms with Crippen LogP contribution in [-0.4, -0.2) is 29.1 Å². The monoisotopic (exact) mass is 392 g/mol. The Morgan fingerprint density at radius 3 is 2.79 bits per heavy atom. The third kappa shape index (κ3) is 2.89. The average Bonchev–Trinajstić information content (AvgIpc) is 3.10. The fraction of sp³-hybridized carbons (Fsp3) is 0.391. The number of ether oxygens (including phenoxy) is 1. The fourth-order valence-corrected chi connectivity index (χ4v) is 5.85. The predicted octanol–water partition coefficient (Wildman–Crippen LogP) is 5.36. The second-order valence-electron chi connectivity index (χ2n) is 7.54. The molecule has 4 nitrogen and oxygen atoms in total. The summed E-state index contributed by atoms with van der Waals surface area (Å²) in [7, 11) is 0. The van der Waals surface area contributed by atoms with E-state index in [9.17, 15) is 4.79 Å². The van der Waals surface area contributed by atoms with Crippen molar-refractivity contribution in [3.63, 3.8) is 0 Å². The third-order valence-electron chi connectivity index (χ3n) is 5.85. The molecule has 1 aliphatic carbocycles. The van der Waals surface area contributed by atoms with Crippen LogP contribution < -0.4 is 0 Å². The summed E-state index contributed by atoms with van der Waals surface area (Å²) in [6, 6.07) is 10.6. The zero-order valence-corrected chi connectivity index (χ0v) is 17.0. The van der Waals surface area contributed by atoms with Gasteiger partial charge in [0.05, 0.1) is 13.2 Å². The van der Waals surface area contributed by atoms with Crippen LogP contribution in [0, 0.1) is 0 Å². The summed E-state index contributed by atoms with van der Waals surface area (Å²) >= 11 is 1.88. The van der Waals surface area contributed by atoms with Crippen molar-refractivity contribution >= 4 is 27.6 Å². The van der Waals surface area contributed by atoms with Crippen molar-refractivity contribution in [3.05, 3.63) is 52.0 Å². The number of fused-ring (bicyclic) bond motifs is 4. The molecule has 28 heavy (non-hydrogen) atoms. The molecule has 0 bridgehead atoms. The number of nitrogens with zero attached hydrogens (tertiary/aromatic N) is 2. The normalized spacial score (nSPS) is 16.0. The summed E-state index contributed by atoms with van der Waals surface area (Å²) in [4.78, 5) is 22.0. The number of benzene rings is 1. The molecule has 0 N–H and O–H groups in total. The Hall–Kier alpha value is -2.40. The molecule has 144 valence electrons. The van der Waals surface area contributed by atoms with Crippen molar-refractivity contribution in [2.45, 2.75) is 45.6 Å². The summed E-state index contributed by atoms with van der Waals surface area (Å²) in [6.07, 6.45) is 5.39. The zero-order chi connectivity index (χ0) is 19.1. The van der Waals surface area contributed by atoms with Crippen molar-refractivity contribution in [2.75, 3.05) is 13.2 Å². The topological polar surface area (TPSA) is 42.4 Å². The molecule has 2 aliphatic rings. The maximum absolute atomic E-state index is 12.4. The molecule has 0 atom stereocenters. The van der Waals surface area contributed by atoms with Gasteiger partial charge in [0.1, 0.15) is 4.83 Å². The van der Waals surface area contributed by atoms with Crippen molar-refractivity contribution < 1.29 is 9.53 Å². The van der Waals surface area contributed by atoms with Crippen LogP contribution in [0.5, 0.6) is 0 Å². The minimum Gasteiger partial charge on any atom is -0.450 e. The average molecular weight is 393 g/mol. The highest BCUT2D eigenvalue weighted by Crippen LogP contribution is 2.44. The van der Waals surface area contributed by atoms with E-state index < -0.39 is 0 Å². The molecule has 3 heterocycles. The molecule has 1 aliphatic heterocycles. The summed E-state index contributed by atoms with van der Waals surface area (Å²) in [5.74, 6) is 0. The van der Waals surface area contributed by atoms with Crippen LogP contribution in [0.3, 0.4) is 0 Å². The van der Waals surface area contributed by atoms with Gasteiger partial charge in [-0.05, 0) is 49.3 Å². The Morgan fingerprint density at radius 2 is 1.96 bits per heavy atom. The number of hydrogen-bond acceptors (Lipinski definition) is 4. The van der Waals surface area contributed by atoms with E-state index in [4.69, 9.17) is 9.72 Å². The van der Waals surface area contributed by atoms with Crippen LogP contribution in [0.15, 0.2) is 30.3 Å². The summed E-state index contributed by atoms with van der Waals surface area (Å²) in [6.45, 7) is 3.51. The molecule has 0 radical (unpaired) electrons. The molecule has 2 aromatic heterocycles. The van der Waals surface area contributed by atoms with E-state index in [0.717, 1.165) is 18.5 Å². The first kappa shape index (κ1) is 17.7. The van der Waals surface area contributed by atoms with E-state index in [1.807, 2.05) is 23.2 Å². The van der Waals surface area contributed by atoms with E-state index in [-0.39, 0.29) is 6.09 Å². The number of thiophene rings is 1. The van der Waals surface area contributed by atoms with E-state index >= 15 is 0 Å². The number of amides is 1. The van der Waals surface area contributed by atoms with Crippen molar-refractivity contribution in [2.24, 2.45) is 0 Å². The van der Waals surface area contributed by atoms with Gasteiger partial charge in [-0.1, -0.05) is 30.3 Å². The Bertz CT molecular complexity index is 1040. The first-order valence-electron chi connectivity index (χ1n) is 10.2. The predicted molar refractivity (Wildman–Crippen MR) is 113 cm³/mol. The lowest BCUT2D eigenvalue weighted by Crippen LogP contribution is -2.37. The lowest BCUT2D eigenvalue weighted by molar-refractivity contribution is 0.102. The second-order valence-corrected chi connectivity index (χ2v) is 8.62. The second kappa shape index (κ2) is 7.21. The van der Waals surface area contributed by atoms with Gasteiger partial charge in [0, 0.05) is 34.5 Å². The minimum absolute atomic E-state index is 0.223. The van der Waals surface area contributed by atoms with Gasteiger partial charge in [0.2, 0.25) is 0 Å². The van der Waals surface area contributed by atoms with Gasteiger partial charge in [-0.15, -0.1) is 11.3 Å². The Morgan fingerprint density at radius 1 is 1.14 bits per heavy atom. The summed E-state index contributed by atoms with van der Waals surface area (Å²) in [5.41, 5.74) is 6.35. The Labute approximate surface area is 169 Å². The molecule has 5 heteroatoms. The number of aryl methyl sites for hydroxylation is 2. The quantitative estimate of drug-likeness (QED) is 0.590. The van der Waals surface area contributed by atoms with E-state index in [1.54, 1.807) is 0 Å². The fourth-order valence-electron chi connectivity index (χ4n) is 4.56. The minimum atomic E-state index is -0.223. The number of aromatic nitrogens is 1. The van der Waals surface area contributed by atoms with E-state index in [0.29, 0.717) is 19.7 Å². The van der Waals surface area contributed by atoms with Crippen LogP contribution in [0.2, 0.25) is 0 Å². The van der Waals surface area contributed by atoms with Gasteiger partial charge >= 0.3 is 6.09 Å². The molecule has 3 aromatic rings. The largest absolute Gasteiger partial charge is 0.450 e. The maximum Gasteiger partial charge on any atom is 0.410 e. The number of carbonyl (C=O) groups is 1. The van der Waals surface area contributed by atoms with Crippen molar-refractivity contribution in [3.8, 4) is 11.1 Å². The van der Waals surface area contributed by atoms with Crippen LogP contribution in [0.25, 0.3) is 21.3 Å². The van der Waals surface area contributed by atoms with Crippen LogP contribution in [-0.2, 0) is 30.5 Å². The van der Waals surface area contributed by atoms with Gasteiger partial charge in [0.25, 0.3) is 0 Å². The molecule has 1 aromatic carbocycles. The summed E-state index contributed by atoms with van der Waals surface area (Å²) < 4.78 is 5.27. The molecule has 0 spiro atoms. The number of pyridine rings is 1. The molecule has 0 fully saturated rings. The zero-order valence-electron chi connectivity index (χ0n) is 16.2. The molecule has 5 rings (SSSR count). The van der Waals surface area contributed by atoms with E-state index in [1.165, 1.54) is 56.6 Å². The lowest BCUT2D eigenvalue weighted by Gasteiger charge is -2.29. The summed E-state index contributed by atoms with van der Waals surface area (Å²) in [5, 5.41) is 1.33. The number of hydrogen-bond donors (Lipinski definition) is 0. The van der Waals surface area contributed by atoms with Gasteiger partial charge in [-0.2, -0.15) is 0 Å². The van der Waals surface area contributed by atoms with Gasteiger partial charge < -0.3 is 9.64 Å². The van der Waals surface area contributed by atoms with E-state index in [2.05, 4.69) is 30.3 Å². The SMILES string of the molecule is CCOC(=O)N1CCc2nc3sc4c(c3c(-c3ccccc3)c2C1)CCCC4. The van der Waals surface area contributed by atoms with Crippen molar-refractivity contribution in [1.82, 2.24) is 9.88 Å². The van der Waals surface area contributed by atoms with Crippen LogP contribution >= 0.6 is 11.3 Å².